The summed E-state index contributed by atoms with van der Waals surface area (Å²) in [7, 11) is 1.85. The number of carbonyl (C=O) groups excluding carboxylic acids is 1. The predicted octanol–water partition coefficient (Wildman–Crippen LogP) is 4.62. The number of hydrogen-bond donors (Lipinski definition) is 2. The van der Waals surface area contributed by atoms with Crippen LogP contribution in [0.5, 0.6) is 0 Å². The molecule has 1 unspecified atom stereocenters. The molecule has 3 N–H and O–H groups in total. The van der Waals surface area contributed by atoms with Crippen molar-refractivity contribution in [2.45, 2.75) is 33.1 Å². The largest absolute Gasteiger partial charge is 0.465 e. The summed E-state index contributed by atoms with van der Waals surface area (Å²) in [5, 5.41) is 3.06. The molecule has 1 atom stereocenters. The van der Waals surface area contributed by atoms with Gasteiger partial charge in [-0.3, -0.25) is 9.78 Å². The lowest BCUT2D eigenvalue weighted by Crippen LogP contribution is -2.16. The van der Waals surface area contributed by atoms with Gasteiger partial charge in [0.15, 0.2) is 0 Å². The second-order valence-corrected chi connectivity index (χ2v) is 5.35. The summed E-state index contributed by atoms with van der Waals surface area (Å²) in [5.41, 5.74) is 10.2. The number of hydrogen-bond acceptors (Lipinski definition) is 5. The number of esters is 1. The number of pyridine rings is 1. The number of nitrogens with two attached hydrogens (primary N) is 1. The molecule has 5 nitrogen and oxygen atoms in total. The van der Waals surface area contributed by atoms with Gasteiger partial charge in [0.25, 0.3) is 0 Å². The maximum Gasteiger partial charge on any atom is 0.315 e. The molecule has 26 heavy (non-hydrogen) atoms. The Kier molecular flexibility index (Phi) is 8.92. The number of carbonyl (C=O) groups is 1. The SMILES string of the molecule is C=CCC(C(=O)OCC)c1cc(-c2ccc(NC)cc2N)ccn1.CC. The Bertz CT molecular complexity index is 729. The fourth-order valence-electron chi connectivity index (χ4n) is 2.53. The van der Waals surface area contributed by atoms with E-state index in [1.807, 2.05) is 51.2 Å². The van der Waals surface area contributed by atoms with Gasteiger partial charge in [-0.2, -0.15) is 0 Å². The molecule has 0 bridgehead atoms. The van der Waals surface area contributed by atoms with E-state index in [1.54, 1.807) is 19.2 Å². The Hall–Kier alpha value is -2.82. The van der Waals surface area contributed by atoms with Crippen LogP contribution in [0.15, 0.2) is 49.2 Å². The molecule has 0 saturated heterocycles. The fourth-order valence-corrected chi connectivity index (χ4v) is 2.53. The number of aromatic nitrogens is 1. The van der Waals surface area contributed by atoms with E-state index >= 15 is 0 Å². The van der Waals surface area contributed by atoms with E-state index in [4.69, 9.17) is 10.5 Å². The molecular formula is C21H29N3O2. The molecule has 0 radical (unpaired) electrons. The zero-order valence-electron chi connectivity index (χ0n) is 16.1. The number of nitrogen functional groups attached to an aromatic ring is 1. The smallest absolute Gasteiger partial charge is 0.315 e. The first-order chi connectivity index (χ1) is 12.6. The molecule has 5 heteroatoms. The van der Waals surface area contributed by atoms with Crippen LogP contribution in [0.4, 0.5) is 11.4 Å². The molecular weight excluding hydrogens is 326 g/mol. The van der Waals surface area contributed by atoms with E-state index in [9.17, 15) is 4.79 Å². The summed E-state index contributed by atoms with van der Waals surface area (Å²) in [6.07, 6.45) is 3.86. The van der Waals surface area contributed by atoms with Crippen molar-refractivity contribution in [2.75, 3.05) is 24.7 Å². The predicted molar refractivity (Wildman–Crippen MR) is 109 cm³/mol. The first-order valence-corrected chi connectivity index (χ1v) is 8.91. The van der Waals surface area contributed by atoms with Crippen LogP contribution in [0.1, 0.15) is 38.8 Å². The van der Waals surface area contributed by atoms with E-state index in [1.165, 1.54) is 0 Å². The lowest BCUT2D eigenvalue weighted by Gasteiger charge is -2.15. The molecule has 140 valence electrons. The summed E-state index contributed by atoms with van der Waals surface area (Å²) in [6, 6.07) is 9.55. The van der Waals surface area contributed by atoms with Gasteiger partial charge in [0, 0.05) is 30.2 Å². The molecule has 0 spiro atoms. The van der Waals surface area contributed by atoms with Crippen molar-refractivity contribution in [3.63, 3.8) is 0 Å². The summed E-state index contributed by atoms with van der Waals surface area (Å²) < 4.78 is 5.15. The maximum absolute atomic E-state index is 12.2. The zero-order chi connectivity index (χ0) is 19.5. The molecule has 0 saturated carbocycles. The standard InChI is InChI=1S/C19H23N3O2.C2H6/c1-4-6-16(19(23)24-5-2)18-11-13(9-10-22-18)15-8-7-14(21-3)12-17(15)20;1-2/h4,7-12,16,21H,1,5-6,20H2,2-3H3;1-2H3. The quantitative estimate of drug-likeness (QED) is 0.430. The van der Waals surface area contributed by atoms with Gasteiger partial charge in [-0.1, -0.05) is 26.0 Å². The van der Waals surface area contributed by atoms with Gasteiger partial charge in [-0.05, 0) is 43.2 Å². The maximum atomic E-state index is 12.2. The van der Waals surface area contributed by atoms with Crippen molar-refractivity contribution in [1.82, 2.24) is 4.98 Å². The Morgan fingerprint density at radius 2 is 2.08 bits per heavy atom. The number of rotatable bonds is 7. The summed E-state index contributed by atoms with van der Waals surface area (Å²) in [5.74, 6) is -0.749. The second-order valence-electron chi connectivity index (χ2n) is 5.35. The number of allylic oxidation sites excluding steroid dienone is 1. The number of anilines is 2. The van der Waals surface area contributed by atoms with Crippen molar-refractivity contribution in [2.24, 2.45) is 0 Å². The zero-order valence-corrected chi connectivity index (χ0v) is 16.1. The summed E-state index contributed by atoms with van der Waals surface area (Å²) in [6.45, 7) is 9.85. The Morgan fingerprint density at radius 1 is 1.35 bits per heavy atom. The Balaban J connectivity index is 0.00000163. The topological polar surface area (TPSA) is 77.2 Å². The van der Waals surface area contributed by atoms with Crippen LogP contribution in [0, 0.1) is 0 Å². The van der Waals surface area contributed by atoms with Gasteiger partial charge in [-0.15, -0.1) is 6.58 Å². The second kappa shape index (κ2) is 10.9. The summed E-state index contributed by atoms with van der Waals surface area (Å²) in [4.78, 5) is 16.5. The van der Waals surface area contributed by atoms with Crippen molar-refractivity contribution in [3.05, 3.63) is 54.9 Å². The van der Waals surface area contributed by atoms with Gasteiger partial charge in [0.2, 0.25) is 0 Å². The highest BCUT2D eigenvalue weighted by Gasteiger charge is 2.22. The highest BCUT2D eigenvalue weighted by Crippen LogP contribution is 2.30. The molecule has 1 heterocycles. The van der Waals surface area contributed by atoms with E-state index in [0.717, 1.165) is 16.8 Å². The molecule has 0 fully saturated rings. The first kappa shape index (κ1) is 21.2. The molecule has 0 aliphatic heterocycles. The minimum Gasteiger partial charge on any atom is -0.465 e. The molecule has 0 aliphatic rings. The first-order valence-electron chi connectivity index (χ1n) is 8.91. The van der Waals surface area contributed by atoms with Crippen LogP contribution < -0.4 is 11.1 Å². The third kappa shape index (κ3) is 5.34. The minimum absolute atomic E-state index is 0.291. The van der Waals surface area contributed by atoms with Crippen molar-refractivity contribution >= 4 is 17.3 Å². The fraction of sp³-hybridized carbons (Fsp3) is 0.333. The van der Waals surface area contributed by atoms with Crippen molar-refractivity contribution < 1.29 is 9.53 Å². The van der Waals surface area contributed by atoms with Gasteiger partial charge < -0.3 is 15.8 Å². The lowest BCUT2D eigenvalue weighted by molar-refractivity contribution is -0.145. The Morgan fingerprint density at radius 3 is 2.65 bits per heavy atom. The van der Waals surface area contributed by atoms with Crippen LogP contribution in [0.25, 0.3) is 11.1 Å². The highest BCUT2D eigenvalue weighted by atomic mass is 16.5. The van der Waals surface area contributed by atoms with Gasteiger partial charge in [0.1, 0.15) is 5.92 Å². The number of nitrogens with one attached hydrogen (secondary N) is 1. The third-order valence-electron chi connectivity index (χ3n) is 3.76. The number of benzene rings is 1. The molecule has 0 aliphatic carbocycles. The van der Waals surface area contributed by atoms with Gasteiger partial charge in [0.05, 0.1) is 12.3 Å². The van der Waals surface area contributed by atoms with Crippen LogP contribution in [0.2, 0.25) is 0 Å². The lowest BCUT2D eigenvalue weighted by atomic mass is 9.96. The van der Waals surface area contributed by atoms with E-state index in [2.05, 4.69) is 16.9 Å². The molecule has 2 rings (SSSR count). The molecule has 0 amide bonds. The number of nitrogens with zero attached hydrogens (tertiary/aromatic N) is 1. The van der Waals surface area contributed by atoms with Crippen molar-refractivity contribution in [3.8, 4) is 11.1 Å². The van der Waals surface area contributed by atoms with E-state index in [-0.39, 0.29) is 5.97 Å². The molecule has 2 aromatic rings. The van der Waals surface area contributed by atoms with Crippen molar-refractivity contribution in [1.29, 1.82) is 0 Å². The highest BCUT2D eigenvalue weighted by molar-refractivity contribution is 5.81. The average Bonchev–Trinajstić information content (AvgIpc) is 2.67. The van der Waals surface area contributed by atoms with Crippen LogP contribution in [-0.4, -0.2) is 24.6 Å². The average molecular weight is 355 g/mol. The van der Waals surface area contributed by atoms with Crippen LogP contribution in [-0.2, 0) is 9.53 Å². The monoisotopic (exact) mass is 355 g/mol. The van der Waals surface area contributed by atoms with Crippen LogP contribution >= 0.6 is 0 Å². The molecule has 1 aromatic carbocycles. The van der Waals surface area contributed by atoms with E-state index in [0.29, 0.717) is 24.4 Å². The van der Waals surface area contributed by atoms with Crippen LogP contribution in [0.3, 0.4) is 0 Å². The molecule has 1 aromatic heterocycles. The normalized spacial score (nSPS) is 10.9. The Labute approximate surface area is 156 Å². The third-order valence-corrected chi connectivity index (χ3v) is 3.76. The van der Waals surface area contributed by atoms with E-state index < -0.39 is 5.92 Å². The van der Waals surface area contributed by atoms with Gasteiger partial charge in [-0.25, -0.2) is 0 Å². The summed E-state index contributed by atoms with van der Waals surface area (Å²) >= 11 is 0. The number of ether oxygens (including phenoxy) is 1. The van der Waals surface area contributed by atoms with Gasteiger partial charge >= 0.3 is 5.97 Å². The minimum atomic E-state index is -0.458.